The predicted molar refractivity (Wildman–Crippen MR) is 68.7 cm³/mol. The van der Waals surface area contributed by atoms with Gasteiger partial charge in [-0.25, -0.2) is 0 Å². The van der Waals surface area contributed by atoms with E-state index >= 15 is 0 Å². The molecule has 6 heteroatoms. The van der Waals surface area contributed by atoms with E-state index in [0.717, 1.165) is 16.0 Å². The van der Waals surface area contributed by atoms with Gasteiger partial charge in [0.1, 0.15) is 0 Å². The van der Waals surface area contributed by atoms with E-state index in [2.05, 4.69) is 37.8 Å². The third kappa shape index (κ3) is 3.07. The van der Waals surface area contributed by atoms with E-state index in [9.17, 15) is 0 Å². The van der Waals surface area contributed by atoms with Gasteiger partial charge < -0.3 is 10.4 Å². The molecule has 0 spiro atoms. The van der Waals surface area contributed by atoms with Crippen LogP contribution in [0.4, 0.5) is 5.69 Å². The fourth-order valence-corrected chi connectivity index (χ4v) is 2.53. The molecule has 0 amide bonds. The minimum atomic E-state index is 0.110. The summed E-state index contributed by atoms with van der Waals surface area (Å²) in [5, 5.41) is 18.2. The number of aliphatic hydroxyl groups excluding tert-OH is 1. The van der Waals surface area contributed by atoms with Crippen molar-refractivity contribution < 1.29 is 5.11 Å². The molecule has 2 heterocycles. The molecule has 0 aliphatic heterocycles. The summed E-state index contributed by atoms with van der Waals surface area (Å²) in [6.07, 6.45) is 3.65. The van der Waals surface area contributed by atoms with Gasteiger partial charge in [0.15, 0.2) is 0 Å². The van der Waals surface area contributed by atoms with Crippen LogP contribution in [0.15, 0.2) is 27.6 Å². The normalized spacial score (nSPS) is 10.6. The van der Waals surface area contributed by atoms with Gasteiger partial charge >= 0.3 is 0 Å². The topological polar surface area (TPSA) is 50.1 Å². The number of nitrogens with one attached hydrogen (secondary N) is 1. The van der Waals surface area contributed by atoms with Crippen molar-refractivity contribution in [2.45, 2.75) is 13.1 Å². The van der Waals surface area contributed by atoms with Crippen molar-refractivity contribution in [3.8, 4) is 0 Å². The lowest BCUT2D eigenvalue weighted by Crippen LogP contribution is -2.02. The molecule has 0 bridgehead atoms. The fraction of sp³-hybridized carbons (Fsp3) is 0.300. The van der Waals surface area contributed by atoms with E-state index in [0.29, 0.717) is 6.54 Å². The standard InChI is InChI=1S/C10H12BrN3OS/c11-10-3-8(7-16-10)4-12-9-5-13-14(6-9)1-2-15/h3,5-7,12,15H,1-2,4H2. The lowest BCUT2D eigenvalue weighted by Gasteiger charge is -2.00. The van der Waals surface area contributed by atoms with Crippen LogP contribution in [0.25, 0.3) is 0 Å². The number of thiophene rings is 1. The molecular formula is C10H12BrN3OS. The number of aromatic nitrogens is 2. The van der Waals surface area contributed by atoms with Crippen molar-refractivity contribution >= 4 is 33.0 Å². The van der Waals surface area contributed by atoms with Crippen LogP contribution in [0.1, 0.15) is 5.56 Å². The molecule has 0 radical (unpaired) electrons. The molecule has 16 heavy (non-hydrogen) atoms. The zero-order valence-electron chi connectivity index (χ0n) is 8.56. The van der Waals surface area contributed by atoms with Crippen LogP contribution in [0.5, 0.6) is 0 Å². The molecule has 2 rings (SSSR count). The number of halogens is 1. The predicted octanol–water partition coefficient (Wildman–Crippen LogP) is 2.31. The molecule has 0 saturated carbocycles. The van der Waals surface area contributed by atoms with Gasteiger partial charge in [0.05, 0.1) is 28.8 Å². The molecule has 2 aromatic heterocycles. The third-order valence-electron chi connectivity index (χ3n) is 2.08. The Balaban J connectivity index is 1.89. The number of anilines is 1. The largest absolute Gasteiger partial charge is 0.394 e. The van der Waals surface area contributed by atoms with Crippen LogP contribution in [0, 0.1) is 0 Å². The average molecular weight is 302 g/mol. The van der Waals surface area contributed by atoms with Crippen LogP contribution in [0.2, 0.25) is 0 Å². The first-order chi connectivity index (χ1) is 7.78. The second kappa shape index (κ2) is 5.47. The van der Waals surface area contributed by atoms with Crippen LogP contribution < -0.4 is 5.32 Å². The number of hydrogen-bond acceptors (Lipinski definition) is 4. The molecule has 0 aromatic carbocycles. The zero-order chi connectivity index (χ0) is 11.4. The molecule has 2 N–H and O–H groups in total. The van der Waals surface area contributed by atoms with E-state index in [-0.39, 0.29) is 6.61 Å². The Labute approximate surface area is 106 Å². The highest BCUT2D eigenvalue weighted by atomic mass is 79.9. The van der Waals surface area contributed by atoms with Crippen molar-refractivity contribution in [1.82, 2.24) is 9.78 Å². The minimum absolute atomic E-state index is 0.110. The van der Waals surface area contributed by atoms with E-state index in [1.54, 1.807) is 22.2 Å². The quantitative estimate of drug-likeness (QED) is 0.891. The Morgan fingerprint density at radius 1 is 1.56 bits per heavy atom. The molecular weight excluding hydrogens is 290 g/mol. The number of rotatable bonds is 5. The Bertz CT molecular complexity index is 454. The van der Waals surface area contributed by atoms with Crippen molar-refractivity contribution in [2.75, 3.05) is 11.9 Å². The minimum Gasteiger partial charge on any atom is -0.394 e. The summed E-state index contributed by atoms with van der Waals surface area (Å²) < 4.78 is 2.85. The first-order valence-corrected chi connectivity index (χ1v) is 6.55. The first kappa shape index (κ1) is 11.6. The molecule has 0 fully saturated rings. The van der Waals surface area contributed by atoms with Gasteiger partial charge in [0, 0.05) is 12.7 Å². The lowest BCUT2D eigenvalue weighted by atomic mass is 10.3. The van der Waals surface area contributed by atoms with Gasteiger partial charge in [-0.2, -0.15) is 5.10 Å². The number of nitrogens with zero attached hydrogens (tertiary/aromatic N) is 2. The number of hydrogen-bond donors (Lipinski definition) is 2. The monoisotopic (exact) mass is 301 g/mol. The number of aliphatic hydroxyl groups is 1. The maximum Gasteiger partial charge on any atom is 0.0729 e. The highest BCUT2D eigenvalue weighted by Gasteiger charge is 1.99. The molecule has 0 aliphatic carbocycles. The zero-order valence-corrected chi connectivity index (χ0v) is 11.0. The third-order valence-corrected chi connectivity index (χ3v) is 3.63. The highest BCUT2D eigenvalue weighted by Crippen LogP contribution is 2.21. The fourth-order valence-electron chi connectivity index (χ4n) is 1.32. The van der Waals surface area contributed by atoms with Crippen molar-refractivity contribution in [3.05, 3.63) is 33.2 Å². The van der Waals surface area contributed by atoms with E-state index in [4.69, 9.17) is 5.11 Å². The van der Waals surface area contributed by atoms with Gasteiger partial charge in [-0.3, -0.25) is 4.68 Å². The molecule has 2 aromatic rings. The summed E-state index contributed by atoms with van der Waals surface area (Å²) in [5.74, 6) is 0. The van der Waals surface area contributed by atoms with Gasteiger partial charge in [-0.15, -0.1) is 11.3 Å². The van der Waals surface area contributed by atoms with Gasteiger partial charge in [-0.1, -0.05) is 0 Å². The van der Waals surface area contributed by atoms with E-state index < -0.39 is 0 Å². The maximum atomic E-state index is 8.75. The van der Waals surface area contributed by atoms with Crippen LogP contribution in [0.3, 0.4) is 0 Å². The van der Waals surface area contributed by atoms with Gasteiger partial charge in [-0.05, 0) is 32.9 Å². The average Bonchev–Trinajstić information content (AvgIpc) is 2.85. The van der Waals surface area contributed by atoms with Crippen LogP contribution in [-0.4, -0.2) is 21.5 Å². The summed E-state index contributed by atoms with van der Waals surface area (Å²) >= 11 is 5.11. The van der Waals surface area contributed by atoms with Gasteiger partial charge in [0.2, 0.25) is 0 Å². The van der Waals surface area contributed by atoms with Crippen molar-refractivity contribution in [3.63, 3.8) is 0 Å². The first-order valence-electron chi connectivity index (χ1n) is 4.88. The summed E-state index contributed by atoms with van der Waals surface area (Å²) in [6.45, 7) is 1.43. The second-order valence-electron chi connectivity index (χ2n) is 3.33. The lowest BCUT2D eigenvalue weighted by molar-refractivity contribution is 0.269. The van der Waals surface area contributed by atoms with E-state index in [1.165, 1.54) is 5.56 Å². The Kier molecular flexibility index (Phi) is 3.98. The summed E-state index contributed by atoms with van der Waals surface area (Å²) in [4.78, 5) is 0. The Hall–Kier alpha value is -0.850. The van der Waals surface area contributed by atoms with Crippen molar-refractivity contribution in [1.29, 1.82) is 0 Å². The Morgan fingerprint density at radius 2 is 2.44 bits per heavy atom. The summed E-state index contributed by atoms with van der Waals surface area (Å²) in [6, 6.07) is 2.09. The Morgan fingerprint density at radius 3 is 3.12 bits per heavy atom. The highest BCUT2D eigenvalue weighted by molar-refractivity contribution is 9.11. The molecule has 0 aliphatic rings. The van der Waals surface area contributed by atoms with Crippen molar-refractivity contribution in [2.24, 2.45) is 0 Å². The summed E-state index contributed by atoms with van der Waals surface area (Å²) in [5.41, 5.74) is 2.21. The van der Waals surface area contributed by atoms with Gasteiger partial charge in [0.25, 0.3) is 0 Å². The molecule has 86 valence electrons. The molecule has 0 unspecified atom stereocenters. The molecule has 0 atom stereocenters. The molecule has 0 saturated heterocycles. The smallest absolute Gasteiger partial charge is 0.0729 e. The second-order valence-corrected chi connectivity index (χ2v) is 5.62. The van der Waals surface area contributed by atoms with E-state index in [1.807, 2.05) is 6.20 Å². The molecule has 4 nitrogen and oxygen atoms in total. The van der Waals surface area contributed by atoms with Crippen LogP contribution >= 0.6 is 27.3 Å². The summed E-state index contributed by atoms with van der Waals surface area (Å²) in [7, 11) is 0. The SMILES string of the molecule is OCCn1cc(NCc2csc(Br)c2)cn1. The van der Waals surface area contributed by atoms with Crippen LogP contribution in [-0.2, 0) is 13.1 Å². The maximum absolute atomic E-state index is 8.75.